The fourth-order valence-electron chi connectivity index (χ4n) is 1.92. The molecule has 0 aliphatic rings. The number of nitro groups is 1. The van der Waals surface area contributed by atoms with Crippen LogP contribution in [0.3, 0.4) is 0 Å². The molecule has 20 heavy (non-hydrogen) atoms. The van der Waals surface area contributed by atoms with Crippen molar-refractivity contribution in [1.82, 2.24) is 4.31 Å². The van der Waals surface area contributed by atoms with Gasteiger partial charge in [0, 0.05) is 24.7 Å². The van der Waals surface area contributed by atoms with Crippen LogP contribution in [0.25, 0.3) is 0 Å². The molecule has 0 unspecified atom stereocenters. The van der Waals surface area contributed by atoms with Crippen molar-refractivity contribution in [3.63, 3.8) is 0 Å². The maximum Gasteiger partial charge on any atom is 0.271 e. The molecule has 0 bridgehead atoms. The van der Waals surface area contributed by atoms with E-state index >= 15 is 0 Å². The van der Waals surface area contributed by atoms with Crippen LogP contribution >= 0.6 is 0 Å². The lowest BCUT2D eigenvalue weighted by Gasteiger charge is -2.25. The van der Waals surface area contributed by atoms with Crippen molar-refractivity contribution in [2.24, 2.45) is 0 Å². The Kier molecular flexibility index (Phi) is 5.07. The number of hydrogen-bond donors (Lipinski definition) is 0. The van der Waals surface area contributed by atoms with Crippen LogP contribution in [0.4, 0.5) is 5.69 Å². The smallest absolute Gasteiger partial charge is 0.271 e. The Hall–Kier alpha value is -1.67. The summed E-state index contributed by atoms with van der Waals surface area (Å²) < 4.78 is 31.4. The van der Waals surface area contributed by atoms with Crippen LogP contribution in [-0.4, -0.2) is 37.3 Å². The molecule has 0 spiro atoms. The van der Waals surface area contributed by atoms with Gasteiger partial charge in [0.15, 0.2) is 0 Å². The maximum absolute atomic E-state index is 12.6. The summed E-state index contributed by atoms with van der Waals surface area (Å²) in [4.78, 5) is 9.98. The van der Waals surface area contributed by atoms with Gasteiger partial charge in [-0.25, -0.2) is 8.42 Å². The number of non-ortho nitro benzene ring substituents is 1. The third-order valence-electron chi connectivity index (χ3n) is 2.83. The lowest BCUT2D eigenvalue weighted by atomic mass is 10.3. The van der Waals surface area contributed by atoms with E-state index in [9.17, 15) is 18.5 Å². The van der Waals surface area contributed by atoms with Crippen LogP contribution in [0, 0.1) is 10.1 Å². The van der Waals surface area contributed by atoms with Gasteiger partial charge in [-0.3, -0.25) is 10.1 Å². The molecule has 1 aromatic carbocycles. The predicted molar refractivity (Wildman–Crippen MR) is 74.4 cm³/mol. The summed E-state index contributed by atoms with van der Waals surface area (Å²) in [5, 5.41) is 10.8. The number of hydrogen-bond acceptors (Lipinski definition) is 5. The number of sulfonamides is 1. The second kappa shape index (κ2) is 6.19. The van der Waals surface area contributed by atoms with Gasteiger partial charge in [-0.15, -0.1) is 0 Å². The van der Waals surface area contributed by atoms with Crippen LogP contribution in [0.2, 0.25) is 0 Å². The minimum absolute atomic E-state index is 0.0923. The Balaban J connectivity index is 3.49. The predicted octanol–water partition coefficient (Wildman–Crippen LogP) is 2.02. The summed E-state index contributed by atoms with van der Waals surface area (Å²) in [7, 11) is -2.52. The molecule has 0 saturated carbocycles. The zero-order valence-corrected chi connectivity index (χ0v) is 12.7. The van der Waals surface area contributed by atoms with Crippen molar-refractivity contribution < 1.29 is 18.1 Å². The number of benzene rings is 1. The van der Waals surface area contributed by atoms with Crippen molar-refractivity contribution in [2.75, 3.05) is 13.7 Å². The Bertz CT molecular complexity index is 598. The van der Waals surface area contributed by atoms with E-state index in [0.717, 1.165) is 6.07 Å². The van der Waals surface area contributed by atoms with E-state index in [1.165, 1.54) is 23.5 Å². The highest BCUT2D eigenvalue weighted by Crippen LogP contribution is 2.31. The highest BCUT2D eigenvalue weighted by Gasteiger charge is 2.30. The van der Waals surface area contributed by atoms with E-state index in [1.807, 2.05) is 0 Å². The summed E-state index contributed by atoms with van der Waals surface area (Å²) in [5.74, 6) is 0.0923. The zero-order chi connectivity index (χ0) is 15.5. The monoisotopic (exact) mass is 302 g/mol. The topological polar surface area (TPSA) is 89.8 Å². The Morgan fingerprint density at radius 2 is 2.00 bits per heavy atom. The largest absolute Gasteiger partial charge is 0.495 e. The van der Waals surface area contributed by atoms with Gasteiger partial charge in [0.25, 0.3) is 5.69 Å². The van der Waals surface area contributed by atoms with Gasteiger partial charge in [-0.2, -0.15) is 4.31 Å². The van der Waals surface area contributed by atoms with E-state index in [4.69, 9.17) is 4.74 Å². The molecule has 0 N–H and O–H groups in total. The highest BCUT2D eigenvalue weighted by molar-refractivity contribution is 7.89. The molecule has 0 saturated heterocycles. The van der Waals surface area contributed by atoms with E-state index in [0.29, 0.717) is 0 Å². The molecule has 0 aliphatic carbocycles. The molecule has 112 valence electrons. The molecule has 1 aromatic rings. The second-order valence-corrected chi connectivity index (χ2v) is 6.25. The fraction of sp³-hybridized carbons (Fsp3) is 0.500. The van der Waals surface area contributed by atoms with E-state index in [2.05, 4.69) is 0 Å². The molecule has 0 amide bonds. The first-order chi connectivity index (χ1) is 9.25. The Labute approximate surface area is 118 Å². The maximum atomic E-state index is 12.6. The number of nitrogens with zero attached hydrogens (tertiary/aromatic N) is 2. The third kappa shape index (κ3) is 3.07. The minimum atomic E-state index is -3.85. The van der Waals surface area contributed by atoms with E-state index in [1.54, 1.807) is 20.8 Å². The van der Waals surface area contributed by atoms with Crippen LogP contribution in [0.15, 0.2) is 23.1 Å². The average molecular weight is 302 g/mol. The van der Waals surface area contributed by atoms with Crippen molar-refractivity contribution in [3.05, 3.63) is 28.3 Å². The zero-order valence-electron chi connectivity index (χ0n) is 11.9. The Morgan fingerprint density at radius 1 is 1.40 bits per heavy atom. The van der Waals surface area contributed by atoms with Gasteiger partial charge in [-0.1, -0.05) is 6.92 Å². The van der Waals surface area contributed by atoms with Gasteiger partial charge in [0.2, 0.25) is 10.0 Å². The van der Waals surface area contributed by atoms with Crippen LogP contribution in [0.1, 0.15) is 20.8 Å². The average Bonchev–Trinajstić information content (AvgIpc) is 2.37. The highest BCUT2D eigenvalue weighted by atomic mass is 32.2. The molecule has 1 rings (SSSR count). The summed E-state index contributed by atoms with van der Waals surface area (Å²) in [5.41, 5.74) is -0.288. The number of rotatable bonds is 6. The normalized spacial score (nSPS) is 11.9. The standard InChI is InChI=1S/C12H18N2O5S/c1-5-13(9(2)3)20(17,18)12-8-10(14(15)16)6-7-11(12)19-4/h6-9H,5H2,1-4H3. The molecule has 0 aliphatic heterocycles. The van der Waals surface area contributed by atoms with E-state index in [-0.39, 0.29) is 28.9 Å². The van der Waals surface area contributed by atoms with Crippen molar-refractivity contribution >= 4 is 15.7 Å². The van der Waals surface area contributed by atoms with Crippen LogP contribution in [0.5, 0.6) is 5.75 Å². The lowest BCUT2D eigenvalue weighted by molar-refractivity contribution is -0.385. The van der Waals surface area contributed by atoms with Crippen molar-refractivity contribution in [1.29, 1.82) is 0 Å². The molecular weight excluding hydrogens is 284 g/mol. The molecule has 0 atom stereocenters. The van der Waals surface area contributed by atoms with Gasteiger partial charge in [0.1, 0.15) is 10.6 Å². The Morgan fingerprint density at radius 3 is 2.40 bits per heavy atom. The lowest BCUT2D eigenvalue weighted by Crippen LogP contribution is -2.36. The molecule has 7 nitrogen and oxygen atoms in total. The quantitative estimate of drug-likeness (QED) is 0.592. The van der Waals surface area contributed by atoms with Crippen molar-refractivity contribution in [3.8, 4) is 5.75 Å². The molecule has 0 fully saturated rings. The van der Waals surface area contributed by atoms with E-state index < -0.39 is 14.9 Å². The summed E-state index contributed by atoms with van der Waals surface area (Å²) >= 11 is 0. The van der Waals surface area contributed by atoms with Gasteiger partial charge < -0.3 is 4.74 Å². The molecule has 0 aromatic heterocycles. The number of nitro benzene ring substituents is 1. The molecular formula is C12H18N2O5S. The van der Waals surface area contributed by atoms with Gasteiger partial charge >= 0.3 is 0 Å². The number of methoxy groups -OCH3 is 1. The number of ether oxygens (including phenoxy) is 1. The molecule has 8 heteroatoms. The molecule has 0 radical (unpaired) electrons. The van der Waals surface area contributed by atoms with Gasteiger partial charge in [0.05, 0.1) is 12.0 Å². The first kappa shape index (κ1) is 16.4. The SMILES string of the molecule is CCN(C(C)C)S(=O)(=O)c1cc([N+](=O)[O-])ccc1OC. The summed E-state index contributed by atoms with van der Waals surface area (Å²) in [6.07, 6.45) is 0. The third-order valence-corrected chi connectivity index (χ3v) is 5.00. The first-order valence-corrected chi connectivity index (χ1v) is 7.54. The van der Waals surface area contributed by atoms with Crippen LogP contribution in [-0.2, 0) is 10.0 Å². The first-order valence-electron chi connectivity index (χ1n) is 6.10. The molecule has 0 heterocycles. The fourth-order valence-corrected chi connectivity index (χ4v) is 3.74. The van der Waals surface area contributed by atoms with Crippen molar-refractivity contribution in [2.45, 2.75) is 31.7 Å². The summed E-state index contributed by atoms with van der Waals surface area (Å²) in [6, 6.07) is 3.27. The summed E-state index contributed by atoms with van der Waals surface area (Å²) in [6.45, 7) is 5.46. The minimum Gasteiger partial charge on any atom is -0.495 e. The van der Waals surface area contributed by atoms with Gasteiger partial charge in [-0.05, 0) is 19.9 Å². The second-order valence-electron chi connectivity index (χ2n) is 4.39. The van der Waals surface area contributed by atoms with Crippen LogP contribution < -0.4 is 4.74 Å².